The molecule has 0 spiro atoms. The van der Waals surface area contributed by atoms with Gasteiger partial charge in [-0.1, -0.05) is 63.6 Å². The summed E-state index contributed by atoms with van der Waals surface area (Å²) in [7, 11) is 0. The van der Waals surface area contributed by atoms with Crippen LogP contribution >= 0.6 is 27.7 Å². The van der Waals surface area contributed by atoms with Gasteiger partial charge >= 0.3 is 0 Å². The zero-order valence-corrected chi connectivity index (χ0v) is 16.4. The molecule has 0 unspecified atom stereocenters. The fourth-order valence-corrected chi connectivity index (χ4v) is 3.64. The second kappa shape index (κ2) is 7.93. The summed E-state index contributed by atoms with van der Waals surface area (Å²) in [4.78, 5) is 12.4. The number of thioether (sulfide) groups is 1. The standard InChI is InChI=1S/C20H17BrN2OS/c1-13-6-7-17(14(2)10-13)19(24)12-25-20-9-8-18(22-23-20)15-4-3-5-16(21)11-15/h3-11H,12H2,1-2H3. The van der Waals surface area contributed by atoms with Gasteiger partial charge in [-0.3, -0.25) is 4.79 Å². The van der Waals surface area contributed by atoms with Crippen molar-refractivity contribution in [2.75, 3.05) is 5.75 Å². The quantitative estimate of drug-likeness (QED) is 0.409. The fraction of sp³-hybridized carbons (Fsp3) is 0.150. The molecule has 0 aliphatic rings. The molecule has 0 N–H and O–H groups in total. The largest absolute Gasteiger partial charge is 0.293 e. The Bertz CT molecular complexity index is 910. The Labute approximate surface area is 160 Å². The van der Waals surface area contributed by atoms with E-state index in [0.29, 0.717) is 5.75 Å². The van der Waals surface area contributed by atoms with Gasteiger partial charge in [0.25, 0.3) is 0 Å². The van der Waals surface area contributed by atoms with E-state index < -0.39 is 0 Å². The maximum atomic E-state index is 12.4. The number of benzene rings is 2. The summed E-state index contributed by atoms with van der Waals surface area (Å²) >= 11 is 4.87. The van der Waals surface area contributed by atoms with Crippen LogP contribution in [0.15, 0.2) is 64.1 Å². The molecule has 3 nitrogen and oxygen atoms in total. The molecule has 0 amide bonds. The molecule has 1 heterocycles. The molecule has 5 heteroatoms. The van der Waals surface area contributed by atoms with Crippen LogP contribution in [0, 0.1) is 13.8 Å². The maximum absolute atomic E-state index is 12.4. The Kier molecular flexibility index (Phi) is 5.66. The van der Waals surface area contributed by atoms with Gasteiger partial charge in [0, 0.05) is 15.6 Å². The second-order valence-corrected chi connectivity index (χ2v) is 7.71. The molecule has 0 atom stereocenters. The van der Waals surface area contributed by atoms with Crippen LogP contribution in [-0.2, 0) is 0 Å². The average molecular weight is 413 g/mol. The van der Waals surface area contributed by atoms with Gasteiger partial charge in [-0.25, -0.2) is 0 Å². The SMILES string of the molecule is Cc1ccc(C(=O)CSc2ccc(-c3cccc(Br)c3)nn2)c(C)c1. The smallest absolute Gasteiger partial charge is 0.173 e. The first-order chi connectivity index (χ1) is 12.0. The number of hydrogen-bond donors (Lipinski definition) is 0. The van der Waals surface area contributed by atoms with Gasteiger partial charge in [0.05, 0.1) is 11.4 Å². The molecule has 0 aliphatic heterocycles. The molecule has 3 aromatic rings. The number of Topliss-reactive ketones (excluding diaryl/α,β-unsaturated/α-hetero) is 1. The number of aryl methyl sites for hydroxylation is 2. The molecule has 1 aromatic heterocycles. The van der Waals surface area contributed by atoms with E-state index in [9.17, 15) is 4.79 Å². The Morgan fingerprint density at radius 3 is 2.56 bits per heavy atom. The Balaban J connectivity index is 1.66. The molecule has 2 aromatic carbocycles. The first-order valence-corrected chi connectivity index (χ1v) is 9.64. The molecule has 3 rings (SSSR count). The van der Waals surface area contributed by atoms with Crippen LogP contribution in [0.2, 0.25) is 0 Å². The van der Waals surface area contributed by atoms with E-state index in [1.54, 1.807) is 0 Å². The zero-order chi connectivity index (χ0) is 17.8. The number of aromatic nitrogens is 2. The maximum Gasteiger partial charge on any atom is 0.173 e. The van der Waals surface area contributed by atoms with E-state index in [0.717, 1.165) is 37.4 Å². The predicted octanol–water partition coefficient (Wildman–Crippen LogP) is 5.50. The van der Waals surface area contributed by atoms with Crippen LogP contribution in [0.5, 0.6) is 0 Å². The molecule has 0 saturated carbocycles. The minimum atomic E-state index is 0.111. The van der Waals surface area contributed by atoms with Gasteiger partial charge in [-0.05, 0) is 43.7 Å². The third-order valence-electron chi connectivity index (χ3n) is 3.79. The highest BCUT2D eigenvalue weighted by molar-refractivity contribution is 9.10. The summed E-state index contributed by atoms with van der Waals surface area (Å²) in [6.07, 6.45) is 0. The molecule has 126 valence electrons. The zero-order valence-electron chi connectivity index (χ0n) is 14.0. The number of hydrogen-bond acceptors (Lipinski definition) is 4. The van der Waals surface area contributed by atoms with Crippen molar-refractivity contribution in [2.24, 2.45) is 0 Å². The normalized spacial score (nSPS) is 10.7. The fourth-order valence-electron chi connectivity index (χ4n) is 2.54. The molecule has 0 fully saturated rings. The lowest BCUT2D eigenvalue weighted by Crippen LogP contribution is -2.05. The van der Waals surface area contributed by atoms with Crippen molar-refractivity contribution >= 4 is 33.5 Å². The lowest BCUT2D eigenvalue weighted by atomic mass is 10.0. The van der Waals surface area contributed by atoms with Gasteiger partial charge in [-0.15, -0.1) is 10.2 Å². The number of carbonyl (C=O) groups excluding carboxylic acids is 1. The Morgan fingerprint density at radius 2 is 1.88 bits per heavy atom. The second-order valence-electron chi connectivity index (χ2n) is 5.80. The first-order valence-electron chi connectivity index (χ1n) is 7.86. The van der Waals surface area contributed by atoms with E-state index in [1.807, 2.05) is 68.4 Å². The van der Waals surface area contributed by atoms with Crippen LogP contribution in [0.3, 0.4) is 0 Å². The number of ketones is 1. The highest BCUT2D eigenvalue weighted by Gasteiger charge is 2.11. The van der Waals surface area contributed by atoms with Crippen LogP contribution in [0.1, 0.15) is 21.5 Å². The third kappa shape index (κ3) is 4.55. The third-order valence-corrected chi connectivity index (χ3v) is 5.21. The van der Waals surface area contributed by atoms with Gasteiger partial charge in [0.2, 0.25) is 0 Å². The van der Waals surface area contributed by atoms with Crippen molar-refractivity contribution < 1.29 is 4.79 Å². The van der Waals surface area contributed by atoms with Crippen LogP contribution in [-0.4, -0.2) is 21.7 Å². The lowest BCUT2D eigenvalue weighted by molar-refractivity contribution is 0.102. The van der Waals surface area contributed by atoms with E-state index >= 15 is 0 Å². The van der Waals surface area contributed by atoms with Gasteiger partial charge in [0.1, 0.15) is 5.03 Å². The molecular formula is C20H17BrN2OS. The van der Waals surface area contributed by atoms with Crippen LogP contribution in [0.4, 0.5) is 0 Å². The monoisotopic (exact) mass is 412 g/mol. The molecule has 0 aliphatic carbocycles. The van der Waals surface area contributed by atoms with Crippen molar-refractivity contribution in [1.82, 2.24) is 10.2 Å². The Hall–Kier alpha value is -1.98. The van der Waals surface area contributed by atoms with Crippen molar-refractivity contribution in [3.8, 4) is 11.3 Å². The molecule has 0 saturated heterocycles. The van der Waals surface area contributed by atoms with Crippen molar-refractivity contribution in [3.05, 3.63) is 75.8 Å². The highest BCUT2D eigenvalue weighted by atomic mass is 79.9. The number of halogens is 1. The number of carbonyl (C=O) groups is 1. The van der Waals surface area contributed by atoms with E-state index in [1.165, 1.54) is 11.8 Å². The summed E-state index contributed by atoms with van der Waals surface area (Å²) in [6.45, 7) is 4.00. The van der Waals surface area contributed by atoms with E-state index in [-0.39, 0.29) is 5.78 Å². The predicted molar refractivity (Wildman–Crippen MR) is 106 cm³/mol. The molecular weight excluding hydrogens is 396 g/mol. The molecule has 0 bridgehead atoms. The van der Waals surface area contributed by atoms with Crippen molar-refractivity contribution in [1.29, 1.82) is 0 Å². The van der Waals surface area contributed by atoms with Crippen LogP contribution < -0.4 is 0 Å². The Morgan fingerprint density at radius 1 is 1.04 bits per heavy atom. The highest BCUT2D eigenvalue weighted by Crippen LogP contribution is 2.23. The van der Waals surface area contributed by atoms with Crippen molar-refractivity contribution in [3.63, 3.8) is 0 Å². The van der Waals surface area contributed by atoms with Crippen LogP contribution in [0.25, 0.3) is 11.3 Å². The van der Waals surface area contributed by atoms with E-state index in [2.05, 4.69) is 26.1 Å². The minimum Gasteiger partial charge on any atom is -0.293 e. The number of rotatable bonds is 5. The van der Waals surface area contributed by atoms with Gasteiger partial charge in [-0.2, -0.15) is 0 Å². The lowest BCUT2D eigenvalue weighted by Gasteiger charge is -2.06. The summed E-state index contributed by atoms with van der Waals surface area (Å²) in [5, 5.41) is 9.25. The number of nitrogens with zero attached hydrogens (tertiary/aromatic N) is 2. The van der Waals surface area contributed by atoms with E-state index in [4.69, 9.17) is 0 Å². The average Bonchev–Trinajstić information content (AvgIpc) is 2.60. The van der Waals surface area contributed by atoms with Gasteiger partial charge < -0.3 is 0 Å². The van der Waals surface area contributed by atoms with Crippen molar-refractivity contribution in [2.45, 2.75) is 18.9 Å². The summed E-state index contributed by atoms with van der Waals surface area (Å²) < 4.78 is 1.00. The van der Waals surface area contributed by atoms with Gasteiger partial charge in [0.15, 0.2) is 5.78 Å². The minimum absolute atomic E-state index is 0.111. The molecule has 0 radical (unpaired) electrons. The first kappa shape index (κ1) is 17.8. The molecule has 25 heavy (non-hydrogen) atoms. The summed E-state index contributed by atoms with van der Waals surface area (Å²) in [6, 6.07) is 17.7. The topological polar surface area (TPSA) is 42.9 Å². The summed E-state index contributed by atoms with van der Waals surface area (Å²) in [5.41, 5.74) is 4.77. The summed E-state index contributed by atoms with van der Waals surface area (Å²) in [5.74, 6) is 0.467.